The van der Waals surface area contributed by atoms with Gasteiger partial charge in [0.25, 0.3) is 0 Å². The summed E-state index contributed by atoms with van der Waals surface area (Å²) in [5.74, 6) is -0.620. The maximum atomic E-state index is 13.6. The first kappa shape index (κ1) is 17.2. The normalized spacial score (nSPS) is 16.1. The first-order chi connectivity index (χ1) is 11.0. The zero-order chi connectivity index (χ0) is 16.8. The van der Waals surface area contributed by atoms with Crippen molar-refractivity contribution in [1.82, 2.24) is 10.2 Å². The number of likely N-dealkylation sites (tertiary alicyclic amines) is 1. The third-order valence-electron chi connectivity index (χ3n) is 4.01. The minimum Gasteiger partial charge on any atom is -0.341 e. The number of para-hydroxylation sites is 1. The van der Waals surface area contributed by atoms with Crippen LogP contribution in [-0.2, 0) is 4.79 Å². The van der Waals surface area contributed by atoms with E-state index < -0.39 is 17.9 Å². The summed E-state index contributed by atoms with van der Waals surface area (Å²) in [5, 5.41) is 5.14. The number of amides is 3. The van der Waals surface area contributed by atoms with E-state index in [4.69, 9.17) is 0 Å². The van der Waals surface area contributed by atoms with Gasteiger partial charge >= 0.3 is 6.03 Å². The van der Waals surface area contributed by atoms with Crippen molar-refractivity contribution in [3.63, 3.8) is 0 Å². The van der Waals surface area contributed by atoms with Crippen LogP contribution in [0.2, 0.25) is 0 Å². The van der Waals surface area contributed by atoms with Crippen LogP contribution in [0.15, 0.2) is 24.3 Å². The molecule has 1 aromatic carbocycles. The molecule has 0 saturated carbocycles. The Morgan fingerprint density at radius 3 is 2.39 bits per heavy atom. The molecule has 0 spiro atoms. The lowest BCUT2D eigenvalue weighted by Crippen LogP contribution is -2.53. The molecule has 1 unspecified atom stereocenters. The zero-order valence-corrected chi connectivity index (χ0v) is 13.6. The second kappa shape index (κ2) is 7.94. The molecule has 3 amide bonds. The lowest BCUT2D eigenvalue weighted by Gasteiger charge is -2.32. The predicted molar refractivity (Wildman–Crippen MR) is 87.6 cm³/mol. The molecule has 5 nitrogen and oxygen atoms in total. The summed E-state index contributed by atoms with van der Waals surface area (Å²) in [4.78, 5) is 26.5. The van der Waals surface area contributed by atoms with Crippen LogP contribution in [0, 0.1) is 11.7 Å². The largest absolute Gasteiger partial charge is 0.341 e. The molecule has 1 heterocycles. The Balaban J connectivity index is 1.99. The number of halogens is 1. The first-order valence-electron chi connectivity index (χ1n) is 8.10. The topological polar surface area (TPSA) is 61.4 Å². The molecule has 126 valence electrons. The van der Waals surface area contributed by atoms with E-state index in [1.165, 1.54) is 12.1 Å². The van der Waals surface area contributed by atoms with Gasteiger partial charge in [-0.1, -0.05) is 26.0 Å². The Morgan fingerprint density at radius 1 is 1.13 bits per heavy atom. The molecule has 1 atom stereocenters. The molecule has 0 aromatic heterocycles. The van der Waals surface area contributed by atoms with Crippen molar-refractivity contribution in [2.45, 2.75) is 39.2 Å². The summed E-state index contributed by atoms with van der Waals surface area (Å²) in [6, 6.07) is 4.76. The van der Waals surface area contributed by atoms with Crippen LogP contribution in [-0.4, -0.2) is 36.0 Å². The number of carbonyl (C=O) groups is 2. The number of carbonyl (C=O) groups excluding carboxylic acids is 2. The smallest absolute Gasteiger partial charge is 0.319 e. The standard InChI is InChI=1S/C17H24FN3O2/c1-12(2)15(16(22)21-10-6-3-7-11-21)20-17(23)19-14-9-5-4-8-13(14)18/h4-5,8-9,12,15H,3,6-7,10-11H2,1-2H3,(H2,19,20,23). The predicted octanol–water partition coefficient (Wildman–Crippen LogP) is 2.98. The van der Waals surface area contributed by atoms with Crippen molar-refractivity contribution >= 4 is 17.6 Å². The number of hydrogen-bond donors (Lipinski definition) is 2. The Morgan fingerprint density at radius 2 is 1.78 bits per heavy atom. The highest BCUT2D eigenvalue weighted by molar-refractivity contribution is 5.93. The minimum absolute atomic E-state index is 0.0456. The molecular formula is C17H24FN3O2. The van der Waals surface area contributed by atoms with Gasteiger partial charge in [-0.3, -0.25) is 4.79 Å². The summed E-state index contributed by atoms with van der Waals surface area (Å²) in [6.07, 6.45) is 3.13. The van der Waals surface area contributed by atoms with Crippen LogP contribution in [0.3, 0.4) is 0 Å². The van der Waals surface area contributed by atoms with Gasteiger partial charge in [-0.05, 0) is 37.3 Å². The number of piperidine rings is 1. The Labute approximate surface area is 136 Å². The fourth-order valence-electron chi connectivity index (χ4n) is 2.69. The van der Waals surface area contributed by atoms with E-state index >= 15 is 0 Å². The van der Waals surface area contributed by atoms with Crippen molar-refractivity contribution in [3.05, 3.63) is 30.1 Å². The molecule has 0 radical (unpaired) electrons. The van der Waals surface area contributed by atoms with Crippen LogP contribution >= 0.6 is 0 Å². The number of rotatable bonds is 4. The third-order valence-corrected chi connectivity index (χ3v) is 4.01. The summed E-state index contributed by atoms with van der Waals surface area (Å²) in [7, 11) is 0. The minimum atomic E-state index is -0.611. The average molecular weight is 321 g/mol. The number of anilines is 1. The van der Waals surface area contributed by atoms with E-state index in [9.17, 15) is 14.0 Å². The maximum Gasteiger partial charge on any atom is 0.319 e. The fourth-order valence-corrected chi connectivity index (χ4v) is 2.69. The number of hydrogen-bond acceptors (Lipinski definition) is 2. The Hall–Kier alpha value is -2.11. The van der Waals surface area contributed by atoms with E-state index in [-0.39, 0.29) is 17.5 Å². The van der Waals surface area contributed by atoms with Crippen LogP contribution in [0.25, 0.3) is 0 Å². The second-order valence-electron chi connectivity index (χ2n) is 6.19. The van der Waals surface area contributed by atoms with Gasteiger partial charge in [0.1, 0.15) is 11.9 Å². The summed E-state index contributed by atoms with van der Waals surface area (Å²) >= 11 is 0. The molecular weight excluding hydrogens is 297 g/mol. The number of nitrogens with one attached hydrogen (secondary N) is 2. The quantitative estimate of drug-likeness (QED) is 0.895. The molecule has 0 aliphatic carbocycles. The van der Waals surface area contributed by atoms with E-state index in [1.807, 2.05) is 13.8 Å². The van der Waals surface area contributed by atoms with Crippen LogP contribution in [0.5, 0.6) is 0 Å². The van der Waals surface area contributed by atoms with E-state index in [1.54, 1.807) is 17.0 Å². The third kappa shape index (κ3) is 4.68. The average Bonchev–Trinajstić information content (AvgIpc) is 2.55. The Kier molecular flexibility index (Phi) is 5.96. The van der Waals surface area contributed by atoms with E-state index in [0.717, 1.165) is 32.4 Å². The van der Waals surface area contributed by atoms with Crippen molar-refractivity contribution in [1.29, 1.82) is 0 Å². The van der Waals surface area contributed by atoms with Gasteiger partial charge < -0.3 is 15.5 Å². The van der Waals surface area contributed by atoms with Crippen molar-refractivity contribution < 1.29 is 14.0 Å². The van der Waals surface area contributed by atoms with Crippen molar-refractivity contribution in [2.24, 2.45) is 5.92 Å². The van der Waals surface area contributed by atoms with E-state index in [2.05, 4.69) is 10.6 Å². The maximum absolute atomic E-state index is 13.6. The van der Waals surface area contributed by atoms with E-state index in [0.29, 0.717) is 0 Å². The second-order valence-corrected chi connectivity index (χ2v) is 6.19. The highest BCUT2D eigenvalue weighted by atomic mass is 19.1. The number of nitrogens with zero attached hydrogens (tertiary/aromatic N) is 1. The molecule has 23 heavy (non-hydrogen) atoms. The highest BCUT2D eigenvalue weighted by Gasteiger charge is 2.29. The molecule has 2 N–H and O–H groups in total. The monoisotopic (exact) mass is 321 g/mol. The van der Waals surface area contributed by atoms with Gasteiger partial charge in [0.15, 0.2) is 0 Å². The Bertz CT molecular complexity index is 557. The molecule has 2 rings (SSSR count). The molecule has 1 aliphatic heterocycles. The van der Waals surface area contributed by atoms with Crippen LogP contribution in [0.4, 0.5) is 14.9 Å². The molecule has 1 aliphatic rings. The summed E-state index contributed by atoms with van der Waals surface area (Å²) in [6.45, 7) is 5.24. The van der Waals surface area contributed by atoms with Gasteiger partial charge in [0.05, 0.1) is 5.69 Å². The number of urea groups is 1. The zero-order valence-electron chi connectivity index (χ0n) is 13.6. The highest BCUT2D eigenvalue weighted by Crippen LogP contribution is 2.15. The number of benzene rings is 1. The van der Waals surface area contributed by atoms with Crippen molar-refractivity contribution in [3.8, 4) is 0 Å². The van der Waals surface area contributed by atoms with Gasteiger partial charge in [-0.2, -0.15) is 0 Å². The molecule has 1 fully saturated rings. The van der Waals surface area contributed by atoms with Gasteiger partial charge in [0.2, 0.25) is 5.91 Å². The lowest BCUT2D eigenvalue weighted by molar-refractivity contribution is -0.135. The van der Waals surface area contributed by atoms with Gasteiger partial charge in [-0.25, -0.2) is 9.18 Å². The first-order valence-corrected chi connectivity index (χ1v) is 8.10. The molecule has 0 bridgehead atoms. The lowest BCUT2D eigenvalue weighted by atomic mass is 10.0. The van der Waals surface area contributed by atoms with Crippen molar-refractivity contribution in [2.75, 3.05) is 18.4 Å². The SMILES string of the molecule is CC(C)C(NC(=O)Nc1ccccc1F)C(=O)N1CCCCC1. The summed E-state index contributed by atoms with van der Waals surface area (Å²) in [5.41, 5.74) is 0.0953. The molecule has 6 heteroatoms. The summed E-state index contributed by atoms with van der Waals surface area (Å²) < 4.78 is 13.6. The van der Waals surface area contributed by atoms with Crippen LogP contribution < -0.4 is 10.6 Å². The van der Waals surface area contributed by atoms with Gasteiger partial charge in [-0.15, -0.1) is 0 Å². The molecule has 1 aromatic rings. The van der Waals surface area contributed by atoms with Gasteiger partial charge in [0, 0.05) is 13.1 Å². The fraction of sp³-hybridized carbons (Fsp3) is 0.529. The van der Waals surface area contributed by atoms with Crippen LogP contribution in [0.1, 0.15) is 33.1 Å². The molecule has 1 saturated heterocycles.